The lowest BCUT2D eigenvalue weighted by atomic mass is 10.2. The van der Waals surface area contributed by atoms with Crippen LogP contribution in [0, 0.1) is 0 Å². The van der Waals surface area contributed by atoms with Crippen LogP contribution in [0.5, 0.6) is 11.5 Å². The van der Waals surface area contributed by atoms with E-state index in [1.54, 1.807) is 11.5 Å². The van der Waals surface area contributed by atoms with Gasteiger partial charge in [0.1, 0.15) is 12.1 Å². The molecular weight excluding hydrogens is 312 g/mol. The maximum absolute atomic E-state index is 12.4. The van der Waals surface area contributed by atoms with Crippen molar-refractivity contribution in [2.75, 3.05) is 13.2 Å². The van der Waals surface area contributed by atoms with E-state index in [1.165, 1.54) is 12.4 Å². The molecule has 0 radical (unpaired) electrons. The lowest BCUT2D eigenvalue weighted by molar-refractivity contribution is 0.103. The number of pyridine rings is 2. The minimum Gasteiger partial charge on any atom is -0.486 e. The Morgan fingerprint density at radius 3 is 3.09 bits per heavy atom. The third-order valence-corrected chi connectivity index (χ3v) is 3.62. The van der Waals surface area contributed by atoms with E-state index in [-0.39, 0.29) is 28.9 Å². The fourth-order valence-corrected chi connectivity index (χ4v) is 2.53. The number of hydrogen-bond donors (Lipinski definition) is 0. The first-order chi connectivity index (χ1) is 10.5. The van der Waals surface area contributed by atoms with Crippen molar-refractivity contribution in [2.45, 2.75) is 19.9 Å². The fraction of sp³-hybridized carbons (Fsp3) is 0.357. The molecule has 116 valence electrons. The van der Waals surface area contributed by atoms with Gasteiger partial charge in [0.05, 0.1) is 24.2 Å². The SMILES string of the molecule is CCOC(=O)Oc1cn2c3c(c(Cl)ncc3c1=O)OCC2C. The summed E-state index contributed by atoms with van der Waals surface area (Å²) < 4.78 is 17.0. The molecule has 1 aliphatic heterocycles. The number of ether oxygens (including phenoxy) is 3. The highest BCUT2D eigenvalue weighted by molar-refractivity contribution is 6.31. The smallest absolute Gasteiger partial charge is 0.486 e. The minimum absolute atomic E-state index is 0.0568. The first kappa shape index (κ1) is 14.6. The van der Waals surface area contributed by atoms with Crippen molar-refractivity contribution in [1.29, 1.82) is 0 Å². The van der Waals surface area contributed by atoms with Gasteiger partial charge in [-0.25, -0.2) is 9.78 Å². The molecule has 1 unspecified atom stereocenters. The molecule has 1 atom stereocenters. The second kappa shape index (κ2) is 5.49. The van der Waals surface area contributed by atoms with Crippen LogP contribution >= 0.6 is 11.6 Å². The Hall–Kier alpha value is -2.28. The molecule has 0 aliphatic carbocycles. The average Bonchev–Trinajstić information content (AvgIpc) is 2.48. The average molecular weight is 325 g/mol. The minimum atomic E-state index is -0.923. The predicted octanol–water partition coefficient (Wildman–Crippen LogP) is 2.54. The van der Waals surface area contributed by atoms with Crippen molar-refractivity contribution in [3.05, 3.63) is 27.8 Å². The lowest BCUT2D eigenvalue weighted by Gasteiger charge is -2.26. The van der Waals surface area contributed by atoms with E-state index in [0.29, 0.717) is 17.9 Å². The Balaban J connectivity index is 2.22. The monoisotopic (exact) mass is 324 g/mol. The molecule has 3 heterocycles. The van der Waals surface area contributed by atoms with E-state index in [0.717, 1.165) is 0 Å². The first-order valence-electron chi connectivity index (χ1n) is 6.73. The maximum atomic E-state index is 12.4. The third kappa shape index (κ3) is 2.27. The zero-order valence-corrected chi connectivity index (χ0v) is 12.7. The van der Waals surface area contributed by atoms with Gasteiger partial charge < -0.3 is 18.8 Å². The van der Waals surface area contributed by atoms with Crippen LogP contribution in [0.4, 0.5) is 4.79 Å². The number of carbonyl (C=O) groups excluding carboxylic acids is 1. The van der Waals surface area contributed by atoms with E-state index in [4.69, 9.17) is 25.8 Å². The maximum Gasteiger partial charge on any atom is 0.514 e. The van der Waals surface area contributed by atoms with Crippen LogP contribution in [-0.4, -0.2) is 28.9 Å². The quantitative estimate of drug-likeness (QED) is 0.624. The molecule has 0 saturated carbocycles. The van der Waals surface area contributed by atoms with Gasteiger partial charge in [-0.1, -0.05) is 11.6 Å². The summed E-state index contributed by atoms with van der Waals surface area (Å²) in [4.78, 5) is 27.9. The van der Waals surface area contributed by atoms with Gasteiger partial charge in [0.2, 0.25) is 5.43 Å². The molecule has 0 fully saturated rings. The summed E-state index contributed by atoms with van der Waals surface area (Å²) in [7, 11) is 0. The third-order valence-electron chi connectivity index (χ3n) is 3.35. The van der Waals surface area contributed by atoms with Crippen LogP contribution in [0.1, 0.15) is 19.9 Å². The van der Waals surface area contributed by atoms with Crippen LogP contribution in [0.3, 0.4) is 0 Å². The summed E-state index contributed by atoms with van der Waals surface area (Å²) in [5.41, 5.74) is 0.0716. The van der Waals surface area contributed by atoms with Gasteiger partial charge in [-0.2, -0.15) is 0 Å². The molecule has 0 spiro atoms. The van der Waals surface area contributed by atoms with Crippen LogP contribution in [0.25, 0.3) is 10.9 Å². The van der Waals surface area contributed by atoms with Gasteiger partial charge >= 0.3 is 6.16 Å². The molecule has 2 aromatic heterocycles. The van der Waals surface area contributed by atoms with Gasteiger partial charge in [0.25, 0.3) is 0 Å². The van der Waals surface area contributed by atoms with Crippen LogP contribution in [0.15, 0.2) is 17.2 Å². The molecule has 7 nitrogen and oxygen atoms in total. The van der Waals surface area contributed by atoms with E-state index in [2.05, 4.69) is 4.98 Å². The van der Waals surface area contributed by atoms with Crippen molar-refractivity contribution in [3.63, 3.8) is 0 Å². The van der Waals surface area contributed by atoms with Gasteiger partial charge in [0, 0.05) is 6.20 Å². The first-order valence-corrected chi connectivity index (χ1v) is 7.11. The van der Waals surface area contributed by atoms with E-state index >= 15 is 0 Å². The summed E-state index contributed by atoms with van der Waals surface area (Å²) in [6.07, 6.45) is 1.89. The number of nitrogens with zero attached hydrogens (tertiary/aromatic N) is 2. The molecule has 22 heavy (non-hydrogen) atoms. The largest absolute Gasteiger partial charge is 0.514 e. The Kier molecular flexibility index (Phi) is 3.66. The summed E-state index contributed by atoms with van der Waals surface area (Å²) in [6, 6.07) is -0.0568. The highest BCUT2D eigenvalue weighted by Crippen LogP contribution is 2.36. The molecule has 1 aliphatic rings. The van der Waals surface area contributed by atoms with Gasteiger partial charge in [-0.3, -0.25) is 4.79 Å². The molecule has 0 amide bonds. The lowest BCUT2D eigenvalue weighted by Crippen LogP contribution is -2.25. The second-order valence-corrected chi connectivity index (χ2v) is 5.17. The van der Waals surface area contributed by atoms with Crippen molar-refractivity contribution in [2.24, 2.45) is 0 Å². The highest BCUT2D eigenvalue weighted by Gasteiger charge is 2.25. The zero-order chi connectivity index (χ0) is 15.9. The van der Waals surface area contributed by atoms with Crippen LogP contribution in [0.2, 0.25) is 5.15 Å². The Morgan fingerprint density at radius 1 is 1.59 bits per heavy atom. The number of hydrogen-bond acceptors (Lipinski definition) is 6. The Bertz CT molecular complexity index is 817. The van der Waals surface area contributed by atoms with Crippen molar-refractivity contribution >= 4 is 28.7 Å². The van der Waals surface area contributed by atoms with Crippen LogP contribution < -0.4 is 14.9 Å². The molecule has 0 bridgehead atoms. The van der Waals surface area contributed by atoms with E-state index in [1.807, 2.05) is 6.92 Å². The van der Waals surface area contributed by atoms with Crippen molar-refractivity contribution in [1.82, 2.24) is 9.55 Å². The van der Waals surface area contributed by atoms with Gasteiger partial charge in [0.15, 0.2) is 16.7 Å². The predicted molar refractivity (Wildman–Crippen MR) is 78.9 cm³/mol. The van der Waals surface area contributed by atoms with Crippen LogP contribution in [-0.2, 0) is 4.74 Å². The standard InChI is InChI=1S/C14H13ClN2O5/c1-3-20-14(19)22-9-5-17-7(2)6-21-12-10(17)8(11(9)18)4-16-13(12)15/h4-5,7H,3,6H2,1-2H3. The van der Waals surface area contributed by atoms with Gasteiger partial charge in [-0.15, -0.1) is 0 Å². The Morgan fingerprint density at radius 2 is 2.36 bits per heavy atom. The molecule has 3 rings (SSSR count). The number of rotatable bonds is 2. The molecule has 0 aromatic carbocycles. The van der Waals surface area contributed by atoms with Crippen molar-refractivity contribution in [3.8, 4) is 11.5 Å². The number of carbonyl (C=O) groups is 1. The normalized spacial score (nSPS) is 16.2. The van der Waals surface area contributed by atoms with Gasteiger partial charge in [-0.05, 0) is 13.8 Å². The van der Waals surface area contributed by atoms with E-state index < -0.39 is 11.6 Å². The second-order valence-electron chi connectivity index (χ2n) is 4.82. The number of halogens is 1. The molecule has 0 N–H and O–H groups in total. The zero-order valence-electron chi connectivity index (χ0n) is 12.0. The molecular formula is C14H13ClN2O5. The summed E-state index contributed by atoms with van der Waals surface area (Å²) >= 11 is 6.02. The highest BCUT2D eigenvalue weighted by atomic mass is 35.5. The molecule has 0 saturated heterocycles. The fourth-order valence-electron chi connectivity index (χ4n) is 2.34. The molecule has 2 aromatic rings. The summed E-state index contributed by atoms with van der Waals surface area (Å²) in [5.74, 6) is 0.242. The van der Waals surface area contributed by atoms with Crippen molar-refractivity contribution < 1.29 is 19.0 Å². The summed E-state index contributed by atoms with van der Waals surface area (Å²) in [5, 5.41) is 0.458. The number of aromatic nitrogens is 2. The van der Waals surface area contributed by atoms with E-state index in [9.17, 15) is 9.59 Å². The Labute approximate surface area is 130 Å². The summed E-state index contributed by atoms with van der Waals surface area (Å²) in [6.45, 7) is 4.09. The molecule has 8 heteroatoms. The topological polar surface area (TPSA) is 79.7 Å².